The summed E-state index contributed by atoms with van der Waals surface area (Å²) in [6.07, 6.45) is 0. The van der Waals surface area contributed by atoms with Crippen molar-refractivity contribution in [3.8, 4) is 0 Å². The van der Waals surface area contributed by atoms with Crippen molar-refractivity contribution in [2.45, 2.75) is 26.7 Å². The van der Waals surface area contributed by atoms with Crippen molar-refractivity contribution in [1.29, 1.82) is 0 Å². The van der Waals surface area contributed by atoms with Gasteiger partial charge >= 0.3 is 5.97 Å². The molecule has 5 heteroatoms. The van der Waals surface area contributed by atoms with Crippen LogP contribution in [-0.4, -0.2) is 24.0 Å². The molecule has 1 amide bonds. The molecule has 1 heterocycles. The van der Waals surface area contributed by atoms with E-state index >= 15 is 0 Å². The second-order valence-electron chi connectivity index (χ2n) is 6.74. The summed E-state index contributed by atoms with van der Waals surface area (Å²) >= 11 is 0. The molecule has 0 atom stereocenters. The first-order chi connectivity index (χ1) is 12.9. The topological polar surface area (TPSA) is 68.3 Å². The van der Waals surface area contributed by atoms with Gasteiger partial charge in [0.25, 0.3) is 5.91 Å². The summed E-state index contributed by atoms with van der Waals surface area (Å²) in [6.45, 7) is 5.94. The molecule has 3 rings (SSSR count). The Morgan fingerprint density at radius 3 is 2.48 bits per heavy atom. The standard InChI is InChI=1S/C22H22N2O3/c1-13(2)20-12-17(16-7-5-6-8-19(16)23-20)21(25)24-18-10-9-15(11-14(18)3)22(26)27-4/h5-13H,1-4H3,(H,24,25). The minimum absolute atomic E-state index is 0.204. The third-order valence-electron chi connectivity index (χ3n) is 4.47. The van der Waals surface area contributed by atoms with Crippen molar-refractivity contribution in [1.82, 2.24) is 4.98 Å². The van der Waals surface area contributed by atoms with Crippen LogP contribution >= 0.6 is 0 Å². The molecular weight excluding hydrogens is 340 g/mol. The lowest BCUT2D eigenvalue weighted by Crippen LogP contribution is -2.15. The first kappa shape index (κ1) is 18.6. The zero-order chi connectivity index (χ0) is 19.6. The van der Waals surface area contributed by atoms with E-state index in [4.69, 9.17) is 4.74 Å². The number of amides is 1. The number of para-hydroxylation sites is 1. The number of pyridine rings is 1. The molecule has 5 nitrogen and oxygen atoms in total. The van der Waals surface area contributed by atoms with Crippen molar-refractivity contribution in [3.05, 3.63) is 70.9 Å². The fourth-order valence-electron chi connectivity index (χ4n) is 2.92. The Kier molecular flexibility index (Phi) is 5.21. The Morgan fingerprint density at radius 2 is 1.81 bits per heavy atom. The van der Waals surface area contributed by atoms with E-state index < -0.39 is 5.97 Å². The first-order valence-corrected chi connectivity index (χ1v) is 8.80. The summed E-state index contributed by atoms with van der Waals surface area (Å²) < 4.78 is 4.73. The van der Waals surface area contributed by atoms with Crippen LogP contribution in [0.1, 0.15) is 51.7 Å². The van der Waals surface area contributed by atoms with E-state index in [1.54, 1.807) is 18.2 Å². The van der Waals surface area contributed by atoms with Gasteiger partial charge in [-0.1, -0.05) is 32.0 Å². The van der Waals surface area contributed by atoms with E-state index in [9.17, 15) is 9.59 Å². The van der Waals surface area contributed by atoms with Gasteiger partial charge in [0.05, 0.1) is 23.8 Å². The van der Waals surface area contributed by atoms with E-state index in [1.165, 1.54) is 7.11 Å². The highest BCUT2D eigenvalue weighted by molar-refractivity contribution is 6.12. The van der Waals surface area contributed by atoms with Gasteiger partial charge in [-0.3, -0.25) is 9.78 Å². The molecule has 3 aromatic rings. The van der Waals surface area contributed by atoms with Gasteiger partial charge in [0.2, 0.25) is 0 Å². The van der Waals surface area contributed by atoms with Crippen molar-refractivity contribution in [3.63, 3.8) is 0 Å². The summed E-state index contributed by atoms with van der Waals surface area (Å²) in [7, 11) is 1.34. The van der Waals surface area contributed by atoms with Crippen molar-refractivity contribution in [2.75, 3.05) is 12.4 Å². The smallest absolute Gasteiger partial charge is 0.337 e. The van der Waals surface area contributed by atoms with Crippen LogP contribution in [0.3, 0.4) is 0 Å². The number of aromatic nitrogens is 1. The second kappa shape index (κ2) is 7.58. The molecule has 0 unspecified atom stereocenters. The molecule has 0 fully saturated rings. The van der Waals surface area contributed by atoms with Gasteiger partial charge in [-0.05, 0) is 48.7 Å². The summed E-state index contributed by atoms with van der Waals surface area (Å²) in [4.78, 5) is 29.3. The Bertz CT molecular complexity index is 1030. The minimum atomic E-state index is -0.405. The zero-order valence-corrected chi connectivity index (χ0v) is 15.9. The molecule has 27 heavy (non-hydrogen) atoms. The number of benzene rings is 2. The summed E-state index contributed by atoms with van der Waals surface area (Å²) in [5, 5.41) is 3.76. The van der Waals surface area contributed by atoms with E-state index in [-0.39, 0.29) is 11.8 Å². The number of hydrogen-bond donors (Lipinski definition) is 1. The Labute approximate surface area is 158 Å². The molecule has 0 aliphatic heterocycles. The van der Waals surface area contributed by atoms with Gasteiger partial charge in [0, 0.05) is 16.8 Å². The maximum absolute atomic E-state index is 13.0. The van der Waals surface area contributed by atoms with E-state index in [0.717, 1.165) is 22.2 Å². The van der Waals surface area contributed by atoms with Crippen LogP contribution in [0.2, 0.25) is 0 Å². The largest absolute Gasteiger partial charge is 0.465 e. The normalized spacial score (nSPS) is 10.9. The highest BCUT2D eigenvalue weighted by atomic mass is 16.5. The van der Waals surface area contributed by atoms with Gasteiger partial charge in [0.1, 0.15) is 0 Å². The lowest BCUT2D eigenvalue weighted by Gasteiger charge is -2.13. The van der Waals surface area contributed by atoms with Crippen LogP contribution in [0.5, 0.6) is 0 Å². The lowest BCUT2D eigenvalue weighted by molar-refractivity contribution is 0.0600. The fraction of sp³-hybridized carbons (Fsp3) is 0.227. The maximum atomic E-state index is 13.0. The number of aryl methyl sites for hydroxylation is 1. The quantitative estimate of drug-likeness (QED) is 0.683. The molecule has 0 aliphatic rings. The molecule has 0 bridgehead atoms. The first-order valence-electron chi connectivity index (χ1n) is 8.80. The van der Waals surface area contributed by atoms with Gasteiger partial charge in [0.15, 0.2) is 0 Å². The molecule has 1 N–H and O–H groups in total. The monoisotopic (exact) mass is 362 g/mol. The molecule has 0 saturated carbocycles. The number of fused-ring (bicyclic) bond motifs is 1. The Balaban J connectivity index is 1.98. The number of ether oxygens (including phenoxy) is 1. The van der Waals surface area contributed by atoms with Crippen molar-refractivity contribution in [2.24, 2.45) is 0 Å². The molecule has 138 valence electrons. The minimum Gasteiger partial charge on any atom is -0.465 e. The van der Waals surface area contributed by atoms with Crippen molar-refractivity contribution >= 4 is 28.5 Å². The number of anilines is 1. The van der Waals surface area contributed by atoms with Gasteiger partial charge in [-0.25, -0.2) is 4.79 Å². The molecule has 0 radical (unpaired) electrons. The van der Waals surface area contributed by atoms with Crippen LogP contribution in [0.25, 0.3) is 10.9 Å². The van der Waals surface area contributed by atoms with Gasteiger partial charge < -0.3 is 10.1 Å². The van der Waals surface area contributed by atoms with Crippen LogP contribution in [0.15, 0.2) is 48.5 Å². The van der Waals surface area contributed by atoms with E-state index in [2.05, 4.69) is 24.1 Å². The van der Waals surface area contributed by atoms with E-state index in [0.29, 0.717) is 16.8 Å². The number of nitrogens with one attached hydrogen (secondary N) is 1. The number of carbonyl (C=O) groups excluding carboxylic acids is 2. The molecule has 0 spiro atoms. The van der Waals surface area contributed by atoms with Gasteiger partial charge in [-0.2, -0.15) is 0 Å². The average molecular weight is 362 g/mol. The van der Waals surface area contributed by atoms with Crippen LogP contribution in [-0.2, 0) is 4.74 Å². The van der Waals surface area contributed by atoms with Gasteiger partial charge in [-0.15, -0.1) is 0 Å². The number of carbonyl (C=O) groups is 2. The average Bonchev–Trinajstić information content (AvgIpc) is 2.67. The van der Waals surface area contributed by atoms with Crippen LogP contribution < -0.4 is 5.32 Å². The molecule has 0 aliphatic carbocycles. The third kappa shape index (κ3) is 3.82. The summed E-state index contributed by atoms with van der Waals surface area (Å²) in [6, 6.07) is 14.5. The Morgan fingerprint density at radius 1 is 1.07 bits per heavy atom. The molecule has 0 saturated heterocycles. The lowest BCUT2D eigenvalue weighted by atomic mass is 10.0. The number of methoxy groups -OCH3 is 1. The summed E-state index contributed by atoms with van der Waals surface area (Å²) in [5.41, 5.74) is 4.14. The predicted octanol–water partition coefficient (Wildman–Crippen LogP) is 4.71. The molecule has 1 aromatic heterocycles. The number of rotatable bonds is 4. The SMILES string of the molecule is COC(=O)c1ccc(NC(=O)c2cc(C(C)C)nc3ccccc23)c(C)c1. The van der Waals surface area contributed by atoms with Crippen LogP contribution in [0, 0.1) is 6.92 Å². The molecular formula is C22H22N2O3. The number of esters is 1. The zero-order valence-electron chi connectivity index (χ0n) is 15.9. The second-order valence-corrected chi connectivity index (χ2v) is 6.74. The number of hydrogen-bond acceptors (Lipinski definition) is 4. The van der Waals surface area contributed by atoms with E-state index in [1.807, 2.05) is 37.3 Å². The maximum Gasteiger partial charge on any atom is 0.337 e. The predicted molar refractivity (Wildman–Crippen MR) is 106 cm³/mol. The highest BCUT2D eigenvalue weighted by Crippen LogP contribution is 2.24. The Hall–Kier alpha value is -3.21. The summed E-state index contributed by atoms with van der Waals surface area (Å²) in [5.74, 6) is -0.399. The third-order valence-corrected chi connectivity index (χ3v) is 4.47. The fourth-order valence-corrected chi connectivity index (χ4v) is 2.92. The number of nitrogens with zero attached hydrogens (tertiary/aromatic N) is 1. The molecule has 2 aromatic carbocycles. The highest BCUT2D eigenvalue weighted by Gasteiger charge is 2.16. The van der Waals surface area contributed by atoms with Crippen LogP contribution in [0.4, 0.5) is 5.69 Å². The van der Waals surface area contributed by atoms with Crippen molar-refractivity contribution < 1.29 is 14.3 Å².